The number of nitrogens with two attached hydrogens (primary N) is 1. The van der Waals surface area contributed by atoms with Gasteiger partial charge in [0, 0.05) is 51.8 Å². The van der Waals surface area contributed by atoms with Gasteiger partial charge in [-0.2, -0.15) is 5.10 Å². The third kappa shape index (κ3) is 2.79. The number of halogens is 1. The van der Waals surface area contributed by atoms with E-state index in [9.17, 15) is 0 Å². The molecule has 108 valence electrons. The van der Waals surface area contributed by atoms with E-state index in [0.29, 0.717) is 24.8 Å². The second kappa shape index (κ2) is 5.79. The molecule has 5 nitrogen and oxygen atoms in total. The van der Waals surface area contributed by atoms with Crippen molar-refractivity contribution in [1.82, 2.24) is 9.78 Å². The molecular weight excluding hydrogens is 266 g/mol. The first-order valence-corrected chi connectivity index (χ1v) is 6.94. The maximum atomic E-state index is 6.40. The Morgan fingerprint density at radius 3 is 2.63 bits per heavy atom. The molecule has 0 spiro atoms. The van der Waals surface area contributed by atoms with Gasteiger partial charge in [-0.3, -0.25) is 4.68 Å². The summed E-state index contributed by atoms with van der Waals surface area (Å²) in [5.74, 6) is 0. The fraction of sp³-hybridized carbons (Fsp3) is 0.769. The third-order valence-corrected chi connectivity index (χ3v) is 4.59. The van der Waals surface area contributed by atoms with Crippen LogP contribution in [0.25, 0.3) is 0 Å². The van der Waals surface area contributed by atoms with Crippen LogP contribution in [0.2, 0.25) is 5.15 Å². The Balaban J connectivity index is 2.17. The summed E-state index contributed by atoms with van der Waals surface area (Å²) < 4.78 is 12.8. The Bertz CT molecular complexity index is 441. The van der Waals surface area contributed by atoms with Crippen LogP contribution < -0.4 is 5.73 Å². The number of hydrogen-bond acceptors (Lipinski definition) is 4. The zero-order valence-corrected chi connectivity index (χ0v) is 12.5. The molecule has 0 amide bonds. The van der Waals surface area contributed by atoms with Crippen molar-refractivity contribution in [3.8, 4) is 0 Å². The van der Waals surface area contributed by atoms with E-state index in [2.05, 4.69) is 5.10 Å². The predicted molar refractivity (Wildman–Crippen MR) is 74.4 cm³/mol. The van der Waals surface area contributed by atoms with Crippen molar-refractivity contribution in [2.45, 2.75) is 37.8 Å². The van der Waals surface area contributed by atoms with Crippen LogP contribution in [0.1, 0.15) is 24.1 Å². The molecule has 1 fully saturated rings. The van der Waals surface area contributed by atoms with E-state index >= 15 is 0 Å². The van der Waals surface area contributed by atoms with Crippen LogP contribution in [-0.4, -0.2) is 41.7 Å². The highest BCUT2D eigenvalue weighted by Crippen LogP contribution is 2.31. The van der Waals surface area contributed by atoms with Crippen LogP contribution in [0.5, 0.6) is 0 Å². The van der Waals surface area contributed by atoms with E-state index in [1.807, 2.05) is 14.0 Å². The third-order valence-electron chi connectivity index (χ3n) is 4.12. The van der Waals surface area contributed by atoms with Crippen molar-refractivity contribution in [2.75, 3.05) is 20.3 Å². The summed E-state index contributed by atoms with van der Waals surface area (Å²) in [7, 11) is 3.56. The van der Waals surface area contributed by atoms with Gasteiger partial charge in [0.2, 0.25) is 0 Å². The van der Waals surface area contributed by atoms with Crippen LogP contribution >= 0.6 is 11.6 Å². The highest BCUT2D eigenvalue weighted by Gasteiger charge is 2.39. The van der Waals surface area contributed by atoms with Crippen molar-refractivity contribution in [3.63, 3.8) is 0 Å². The monoisotopic (exact) mass is 287 g/mol. The SMILES string of the molecule is COC1(C(N)Cc2c(C)nn(C)c2Cl)CCOCC1. The number of hydrogen-bond donors (Lipinski definition) is 1. The van der Waals surface area contributed by atoms with Crippen LogP contribution in [0.4, 0.5) is 0 Å². The fourth-order valence-electron chi connectivity index (χ4n) is 2.75. The van der Waals surface area contributed by atoms with Gasteiger partial charge in [0.15, 0.2) is 0 Å². The highest BCUT2D eigenvalue weighted by atomic mass is 35.5. The van der Waals surface area contributed by atoms with Gasteiger partial charge in [0.1, 0.15) is 5.15 Å². The van der Waals surface area contributed by atoms with Gasteiger partial charge < -0.3 is 15.2 Å². The first-order valence-electron chi connectivity index (χ1n) is 6.56. The molecule has 0 aromatic carbocycles. The molecule has 0 radical (unpaired) electrons. The van der Waals surface area contributed by atoms with Crippen molar-refractivity contribution in [3.05, 3.63) is 16.4 Å². The minimum absolute atomic E-state index is 0.109. The molecule has 1 atom stereocenters. The molecule has 0 aliphatic carbocycles. The van der Waals surface area contributed by atoms with Gasteiger partial charge >= 0.3 is 0 Å². The Hall–Kier alpha value is -0.620. The summed E-state index contributed by atoms with van der Waals surface area (Å²) in [4.78, 5) is 0. The van der Waals surface area contributed by atoms with Crippen LogP contribution in [-0.2, 0) is 22.9 Å². The number of aromatic nitrogens is 2. The van der Waals surface area contributed by atoms with Gasteiger partial charge in [-0.05, 0) is 13.3 Å². The van der Waals surface area contributed by atoms with E-state index in [-0.39, 0.29) is 11.6 Å². The lowest BCUT2D eigenvalue weighted by Gasteiger charge is -2.40. The first kappa shape index (κ1) is 14.8. The molecule has 6 heteroatoms. The number of ether oxygens (including phenoxy) is 2. The number of rotatable bonds is 4. The van der Waals surface area contributed by atoms with Crippen LogP contribution in [0.15, 0.2) is 0 Å². The largest absolute Gasteiger partial charge is 0.381 e. The molecule has 19 heavy (non-hydrogen) atoms. The summed E-state index contributed by atoms with van der Waals surface area (Å²) in [5, 5.41) is 4.98. The zero-order chi connectivity index (χ0) is 14.0. The van der Waals surface area contributed by atoms with Gasteiger partial charge in [0.05, 0.1) is 11.3 Å². The van der Waals surface area contributed by atoms with Crippen molar-refractivity contribution < 1.29 is 9.47 Å². The standard InChI is InChI=1S/C13H22ClN3O2/c1-9-10(12(14)17(2)16-9)8-11(15)13(18-3)4-6-19-7-5-13/h11H,4-8,15H2,1-3H3. The number of methoxy groups -OCH3 is 1. The maximum absolute atomic E-state index is 6.40. The molecule has 1 aliphatic heterocycles. The molecular formula is C13H22ClN3O2. The summed E-state index contributed by atoms with van der Waals surface area (Å²) in [6, 6.07) is -0.109. The van der Waals surface area contributed by atoms with E-state index in [0.717, 1.165) is 24.1 Å². The summed E-state index contributed by atoms with van der Waals surface area (Å²) in [6.45, 7) is 3.35. The molecule has 0 saturated carbocycles. The second-order valence-electron chi connectivity index (χ2n) is 5.17. The van der Waals surface area contributed by atoms with Crippen LogP contribution in [0, 0.1) is 6.92 Å². The van der Waals surface area contributed by atoms with Gasteiger partial charge in [0.25, 0.3) is 0 Å². The first-order chi connectivity index (χ1) is 9.00. The Labute approximate surface area is 119 Å². The van der Waals surface area contributed by atoms with Gasteiger partial charge in [-0.25, -0.2) is 0 Å². The topological polar surface area (TPSA) is 62.3 Å². The van der Waals surface area contributed by atoms with E-state index in [1.165, 1.54) is 0 Å². The van der Waals surface area contributed by atoms with Gasteiger partial charge in [-0.1, -0.05) is 11.6 Å². The minimum atomic E-state index is -0.316. The maximum Gasteiger partial charge on any atom is 0.130 e. The predicted octanol–water partition coefficient (Wildman–Crippen LogP) is 1.45. The van der Waals surface area contributed by atoms with Crippen molar-refractivity contribution in [1.29, 1.82) is 0 Å². The van der Waals surface area contributed by atoms with E-state index < -0.39 is 0 Å². The molecule has 1 saturated heterocycles. The Kier molecular flexibility index (Phi) is 4.50. The lowest BCUT2D eigenvalue weighted by Crippen LogP contribution is -2.54. The summed E-state index contributed by atoms with van der Waals surface area (Å²) >= 11 is 6.27. The fourth-order valence-corrected chi connectivity index (χ4v) is 3.01. The number of nitrogens with zero attached hydrogens (tertiary/aromatic N) is 2. The average Bonchev–Trinajstić information content (AvgIpc) is 2.66. The number of aryl methyl sites for hydroxylation is 2. The molecule has 2 heterocycles. The van der Waals surface area contributed by atoms with Gasteiger partial charge in [-0.15, -0.1) is 0 Å². The molecule has 1 aliphatic rings. The van der Waals surface area contributed by atoms with Crippen molar-refractivity contribution >= 4 is 11.6 Å². The zero-order valence-electron chi connectivity index (χ0n) is 11.8. The second-order valence-corrected chi connectivity index (χ2v) is 5.53. The Morgan fingerprint density at radius 1 is 1.53 bits per heavy atom. The molecule has 1 unspecified atom stereocenters. The quantitative estimate of drug-likeness (QED) is 0.910. The smallest absolute Gasteiger partial charge is 0.130 e. The Morgan fingerprint density at radius 2 is 2.16 bits per heavy atom. The summed E-state index contributed by atoms with van der Waals surface area (Å²) in [6.07, 6.45) is 2.32. The molecule has 2 N–H and O–H groups in total. The molecule has 2 rings (SSSR count). The molecule has 0 bridgehead atoms. The average molecular weight is 288 g/mol. The minimum Gasteiger partial charge on any atom is -0.381 e. The van der Waals surface area contributed by atoms with Crippen molar-refractivity contribution in [2.24, 2.45) is 12.8 Å². The van der Waals surface area contributed by atoms with E-state index in [1.54, 1.807) is 11.8 Å². The lowest BCUT2D eigenvalue weighted by atomic mass is 9.83. The highest BCUT2D eigenvalue weighted by molar-refractivity contribution is 6.30. The lowest BCUT2D eigenvalue weighted by molar-refractivity contribution is -0.103. The van der Waals surface area contributed by atoms with Crippen LogP contribution in [0.3, 0.4) is 0 Å². The molecule has 1 aromatic rings. The normalized spacial score (nSPS) is 20.5. The van der Waals surface area contributed by atoms with E-state index in [4.69, 9.17) is 26.8 Å². The molecule has 1 aromatic heterocycles. The summed E-state index contributed by atoms with van der Waals surface area (Å²) in [5.41, 5.74) is 8.03.